The van der Waals surface area contributed by atoms with Crippen LogP contribution in [0.2, 0.25) is 0 Å². The highest BCUT2D eigenvalue weighted by Gasteiger charge is 2.23. The molecule has 0 radical (unpaired) electrons. The lowest BCUT2D eigenvalue weighted by Crippen LogP contribution is -2.29. The lowest BCUT2D eigenvalue weighted by atomic mass is 9.99. The lowest BCUT2D eigenvalue weighted by Gasteiger charge is -2.15. The molecule has 0 N–H and O–H groups in total. The van der Waals surface area contributed by atoms with Gasteiger partial charge in [0.25, 0.3) is 0 Å². The van der Waals surface area contributed by atoms with Gasteiger partial charge in [-0.15, -0.1) is 0 Å². The van der Waals surface area contributed by atoms with Crippen molar-refractivity contribution in [3.8, 4) is 0 Å². The Hall–Kier alpha value is -1.52. The minimum Gasteiger partial charge on any atom is -0.346 e. The van der Waals surface area contributed by atoms with Crippen molar-refractivity contribution in [1.82, 2.24) is 0 Å². The summed E-state index contributed by atoms with van der Waals surface area (Å²) in [4.78, 5) is 24.2. The van der Waals surface area contributed by atoms with E-state index in [1.54, 1.807) is 19.9 Å². The number of carbonyl (C=O) groups is 2. The average Bonchev–Trinajstić information content (AvgIpc) is 2.41. The van der Waals surface area contributed by atoms with E-state index in [0.29, 0.717) is 18.8 Å². The highest BCUT2D eigenvalue weighted by atomic mass is 16.7. The van der Waals surface area contributed by atoms with Gasteiger partial charge >= 0.3 is 0 Å². The van der Waals surface area contributed by atoms with E-state index in [9.17, 15) is 9.59 Å². The largest absolute Gasteiger partial charge is 0.346 e. The van der Waals surface area contributed by atoms with Crippen molar-refractivity contribution in [3.63, 3.8) is 0 Å². The van der Waals surface area contributed by atoms with Gasteiger partial charge < -0.3 is 9.47 Å². The SMILES string of the molecule is CCOC(OCC)C(=O)CC(=O)c1cc(C)ccc1C. The van der Waals surface area contributed by atoms with Gasteiger partial charge in [0.05, 0.1) is 6.42 Å². The van der Waals surface area contributed by atoms with Crippen LogP contribution in [0.3, 0.4) is 0 Å². The maximum Gasteiger partial charge on any atom is 0.218 e. The van der Waals surface area contributed by atoms with Gasteiger partial charge in [-0.2, -0.15) is 0 Å². The van der Waals surface area contributed by atoms with Gasteiger partial charge in [0.1, 0.15) is 0 Å². The van der Waals surface area contributed by atoms with E-state index in [4.69, 9.17) is 9.47 Å². The number of hydrogen-bond acceptors (Lipinski definition) is 4. The molecule has 110 valence electrons. The Labute approximate surface area is 120 Å². The molecule has 0 atom stereocenters. The van der Waals surface area contributed by atoms with E-state index in [0.717, 1.165) is 11.1 Å². The van der Waals surface area contributed by atoms with Gasteiger partial charge in [-0.3, -0.25) is 9.59 Å². The number of aryl methyl sites for hydroxylation is 2. The van der Waals surface area contributed by atoms with Crippen LogP contribution in [0.15, 0.2) is 18.2 Å². The van der Waals surface area contributed by atoms with Gasteiger partial charge in [0.2, 0.25) is 6.29 Å². The fourth-order valence-corrected chi connectivity index (χ4v) is 1.91. The Bertz CT molecular complexity index is 473. The van der Waals surface area contributed by atoms with Crippen LogP contribution in [-0.2, 0) is 14.3 Å². The van der Waals surface area contributed by atoms with Gasteiger partial charge in [0.15, 0.2) is 11.6 Å². The summed E-state index contributed by atoms with van der Waals surface area (Å²) in [6, 6.07) is 5.63. The van der Waals surface area contributed by atoms with E-state index < -0.39 is 6.29 Å². The first-order valence-corrected chi connectivity index (χ1v) is 6.86. The lowest BCUT2D eigenvalue weighted by molar-refractivity contribution is -0.166. The van der Waals surface area contributed by atoms with Gasteiger partial charge in [-0.1, -0.05) is 17.7 Å². The Kier molecular flexibility index (Phi) is 6.55. The van der Waals surface area contributed by atoms with Crippen molar-refractivity contribution >= 4 is 11.6 Å². The third-order valence-electron chi connectivity index (χ3n) is 2.93. The number of benzene rings is 1. The van der Waals surface area contributed by atoms with E-state index in [1.165, 1.54) is 0 Å². The maximum atomic E-state index is 12.2. The van der Waals surface area contributed by atoms with Crippen LogP contribution in [0.4, 0.5) is 0 Å². The molecule has 0 saturated carbocycles. The summed E-state index contributed by atoms with van der Waals surface area (Å²) in [5.41, 5.74) is 2.46. The first kappa shape index (κ1) is 16.5. The summed E-state index contributed by atoms with van der Waals surface area (Å²) < 4.78 is 10.4. The van der Waals surface area contributed by atoms with Gasteiger partial charge in [-0.05, 0) is 39.3 Å². The molecular weight excluding hydrogens is 256 g/mol. The Morgan fingerprint density at radius 1 is 1.10 bits per heavy atom. The molecule has 0 heterocycles. The van der Waals surface area contributed by atoms with Crippen LogP contribution in [0.1, 0.15) is 41.8 Å². The van der Waals surface area contributed by atoms with E-state index in [2.05, 4.69) is 0 Å². The zero-order valence-corrected chi connectivity index (χ0v) is 12.6. The molecule has 1 rings (SSSR count). The molecule has 0 bridgehead atoms. The van der Waals surface area contributed by atoms with Crippen molar-refractivity contribution in [2.24, 2.45) is 0 Å². The summed E-state index contributed by atoms with van der Waals surface area (Å²) in [6.07, 6.45) is -1.14. The molecule has 1 aromatic rings. The predicted molar refractivity (Wildman–Crippen MR) is 76.9 cm³/mol. The predicted octanol–water partition coefficient (Wildman–Crippen LogP) is 2.84. The number of carbonyl (C=O) groups excluding carboxylic acids is 2. The van der Waals surface area contributed by atoms with Crippen molar-refractivity contribution in [2.75, 3.05) is 13.2 Å². The summed E-state index contributed by atoms with van der Waals surface area (Å²) >= 11 is 0. The van der Waals surface area contributed by atoms with E-state index in [1.807, 2.05) is 26.0 Å². The van der Waals surface area contributed by atoms with Crippen molar-refractivity contribution < 1.29 is 19.1 Å². The van der Waals surface area contributed by atoms with E-state index in [-0.39, 0.29) is 18.0 Å². The Morgan fingerprint density at radius 2 is 1.70 bits per heavy atom. The van der Waals surface area contributed by atoms with Gasteiger partial charge in [-0.25, -0.2) is 0 Å². The third-order valence-corrected chi connectivity index (χ3v) is 2.93. The van der Waals surface area contributed by atoms with Gasteiger partial charge in [0, 0.05) is 18.8 Å². The molecule has 0 unspecified atom stereocenters. The van der Waals surface area contributed by atoms with Crippen molar-refractivity contribution in [1.29, 1.82) is 0 Å². The van der Waals surface area contributed by atoms with Crippen LogP contribution in [0.25, 0.3) is 0 Å². The molecular formula is C16H22O4. The zero-order valence-electron chi connectivity index (χ0n) is 12.6. The normalized spacial score (nSPS) is 10.8. The van der Waals surface area contributed by atoms with E-state index >= 15 is 0 Å². The first-order valence-electron chi connectivity index (χ1n) is 6.86. The minimum absolute atomic E-state index is 0.194. The number of hydrogen-bond donors (Lipinski definition) is 0. The molecule has 0 aliphatic carbocycles. The second kappa shape index (κ2) is 7.92. The van der Waals surface area contributed by atoms with Crippen LogP contribution < -0.4 is 0 Å². The van der Waals surface area contributed by atoms with Crippen LogP contribution in [0, 0.1) is 13.8 Å². The molecule has 20 heavy (non-hydrogen) atoms. The standard InChI is InChI=1S/C16H22O4/c1-5-19-16(20-6-2)15(18)10-14(17)13-9-11(3)7-8-12(13)4/h7-9,16H,5-6,10H2,1-4H3. The smallest absolute Gasteiger partial charge is 0.218 e. The van der Waals surface area contributed by atoms with Crippen LogP contribution in [0.5, 0.6) is 0 Å². The summed E-state index contributed by atoms with van der Waals surface area (Å²) in [7, 11) is 0. The molecule has 0 aliphatic heterocycles. The molecule has 4 nitrogen and oxygen atoms in total. The molecule has 4 heteroatoms. The zero-order chi connectivity index (χ0) is 15.1. The number of Topliss-reactive ketones (excluding diaryl/α,β-unsaturated/α-hetero) is 2. The molecule has 1 aromatic carbocycles. The quantitative estimate of drug-likeness (QED) is 0.417. The average molecular weight is 278 g/mol. The molecule has 0 aromatic heterocycles. The first-order chi connectivity index (χ1) is 9.49. The molecule has 0 aliphatic rings. The molecule has 0 amide bonds. The second-order valence-corrected chi connectivity index (χ2v) is 4.63. The summed E-state index contributed by atoms with van der Waals surface area (Å²) in [5.74, 6) is -0.528. The maximum absolute atomic E-state index is 12.2. The minimum atomic E-state index is -0.945. The summed E-state index contributed by atoms with van der Waals surface area (Å²) in [5, 5.41) is 0. The van der Waals surface area contributed by atoms with Crippen molar-refractivity contribution in [3.05, 3.63) is 34.9 Å². The number of rotatable bonds is 8. The molecule has 0 saturated heterocycles. The Balaban J connectivity index is 2.78. The topological polar surface area (TPSA) is 52.6 Å². The van der Waals surface area contributed by atoms with Crippen LogP contribution in [-0.4, -0.2) is 31.1 Å². The van der Waals surface area contributed by atoms with Crippen molar-refractivity contribution in [2.45, 2.75) is 40.4 Å². The number of ketones is 2. The van der Waals surface area contributed by atoms with Crippen LogP contribution >= 0.6 is 0 Å². The Morgan fingerprint density at radius 3 is 2.25 bits per heavy atom. The fourth-order valence-electron chi connectivity index (χ4n) is 1.91. The molecule has 0 spiro atoms. The third kappa shape index (κ3) is 4.54. The monoisotopic (exact) mass is 278 g/mol. The highest BCUT2D eigenvalue weighted by molar-refractivity contribution is 6.09. The fraction of sp³-hybridized carbons (Fsp3) is 0.500. The molecule has 0 fully saturated rings. The number of ether oxygens (including phenoxy) is 2. The highest BCUT2D eigenvalue weighted by Crippen LogP contribution is 2.14. The summed E-state index contributed by atoms with van der Waals surface area (Å²) in [6.45, 7) is 8.08. The second-order valence-electron chi connectivity index (χ2n) is 4.63.